The molecule has 0 aliphatic carbocycles. The molecule has 1 fully saturated rings. The molecule has 3 atom stereocenters. The van der Waals surface area contributed by atoms with Crippen LogP contribution in [0.1, 0.15) is 49.3 Å². The summed E-state index contributed by atoms with van der Waals surface area (Å²) in [7, 11) is 0. The molecule has 1 aromatic carbocycles. The zero-order valence-electron chi connectivity index (χ0n) is 17.1. The van der Waals surface area contributed by atoms with Crippen molar-refractivity contribution in [3.8, 4) is 0 Å². The van der Waals surface area contributed by atoms with Crippen molar-refractivity contribution < 1.29 is 18.0 Å². The van der Waals surface area contributed by atoms with Gasteiger partial charge in [0.05, 0.1) is 5.92 Å². The van der Waals surface area contributed by atoms with Crippen LogP contribution in [0.15, 0.2) is 30.6 Å². The van der Waals surface area contributed by atoms with E-state index in [0.717, 1.165) is 22.1 Å². The van der Waals surface area contributed by atoms with Gasteiger partial charge >= 0.3 is 6.18 Å². The molecule has 0 unspecified atom stereocenters. The maximum Gasteiger partial charge on any atom is 0.411 e. The molecule has 4 rings (SSSR count). The highest BCUT2D eigenvalue weighted by Crippen LogP contribution is 2.41. The van der Waals surface area contributed by atoms with Gasteiger partial charge in [-0.25, -0.2) is 4.68 Å². The third kappa shape index (κ3) is 4.02. The minimum Gasteiger partial charge on any atom is -0.351 e. The lowest BCUT2D eigenvalue weighted by atomic mass is 9.84. The van der Waals surface area contributed by atoms with Crippen LogP contribution in [0.3, 0.4) is 0 Å². The topological polar surface area (TPSA) is 63.1 Å². The average molecular weight is 421 g/mol. The van der Waals surface area contributed by atoms with E-state index in [2.05, 4.69) is 15.4 Å². The molecule has 6 nitrogen and oxygen atoms in total. The Morgan fingerprint density at radius 2 is 1.87 bits per heavy atom. The molecule has 9 heteroatoms. The van der Waals surface area contributed by atoms with Gasteiger partial charge in [0.25, 0.3) is 0 Å². The highest BCUT2D eigenvalue weighted by atomic mass is 19.4. The Kier molecular flexibility index (Phi) is 5.46. The predicted octanol–water partition coefficient (Wildman–Crippen LogP) is 3.92. The van der Waals surface area contributed by atoms with Crippen LogP contribution in [0.5, 0.6) is 0 Å². The molecule has 162 valence electrons. The Hall–Kier alpha value is -2.58. The van der Waals surface area contributed by atoms with Crippen LogP contribution in [0, 0.1) is 12.8 Å². The molecule has 1 N–H and O–H groups in total. The maximum absolute atomic E-state index is 13.5. The van der Waals surface area contributed by atoms with Gasteiger partial charge in [-0.15, -0.1) is 0 Å². The van der Waals surface area contributed by atoms with Crippen LogP contribution in [0.2, 0.25) is 0 Å². The summed E-state index contributed by atoms with van der Waals surface area (Å²) in [5, 5.41) is 6.88. The minimum absolute atomic E-state index is 0.0547. The zero-order valence-corrected chi connectivity index (χ0v) is 17.1. The SMILES string of the molecule is Cc1ccc([C@@H](C)C(=O)N2CCC([C@@H]3C[C@H](C(F)(F)F)n4ncnc4N3)CC2)cc1. The number of halogens is 3. The van der Waals surface area contributed by atoms with Crippen molar-refractivity contribution in [2.24, 2.45) is 5.92 Å². The summed E-state index contributed by atoms with van der Waals surface area (Å²) in [6.07, 6.45) is -1.95. The number of aromatic nitrogens is 3. The number of alkyl halides is 3. The van der Waals surface area contributed by atoms with Gasteiger partial charge in [-0.3, -0.25) is 4.79 Å². The van der Waals surface area contributed by atoms with Crippen LogP contribution in [0.25, 0.3) is 0 Å². The number of piperidine rings is 1. The molecule has 0 spiro atoms. The molecule has 30 heavy (non-hydrogen) atoms. The highest BCUT2D eigenvalue weighted by molar-refractivity contribution is 5.83. The number of fused-ring (bicyclic) bond motifs is 1. The first-order valence-electron chi connectivity index (χ1n) is 10.3. The van der Waals surface area contributed by atoms with E-state index < -0.39 is 12.2 Å². The normalized spacial score (nSPS) is 23.6. The smallest absolute Gasteiger partial charge is 0.351 e. The number of hydrogen-bond acceptors (Lipinski definition) is 4. The summed E-state index contributed by atoms with van der Waals surface area (Å²) in [5.41, 5.74) is 2.13. The number of likely N-dealkylation sites (tertiary alicyclic amines) is 1. The van der Waals surface area contributed by atoms with Crippen molar-refractivity contribution in [3.63, 3.8) is 0 Å². The van der Waals surface area contributed by atoms with E-state index in [4.69, 9.17) is 0 Å². The summed E-state index contributed by atoms with van der Waals surface area (Å²) >= 11 is 0. The fourth-order valence-corrected chi connectivity index (χ4v) is 4.52. The average Bonchev–Trinajstić information content (AvgIpc) is 3.20. The molecule has 3 heterocycles. The Bertz CT molecular complexity index is 887. The van der Waals surface area contributed by atoms with Gasteiger partial charge in [0, 0.05) is 19.1 Å². The van der Waals surface area contributed by atoms with Crippen molar-refractivity contribution in [2.75, 3.05) is 18.4 Å². The number of carbonyl (C=O) groups is 1. The van der Waals surface area contributed by atoms with Gasteiger partial charge in [0.2, 0.25) is 11.9 Å². The third-order valence-corrected chi connectivity index (χ3v) is 6.41. The van der Waals surface area contributed by atoms with Crippen LogP contribution in [0.4, 0.5) is 19.1 Å². The Morgan fingerprint density at radius 1 is 1.20 bits per heavy atom. The van der Waals surface area contributed by atoms with Crippen molar-refractivity contribution >= 4 is 11.9 Å². The number of anilines is 1. The maximum atomic E-state index is 13.5. The van der Waals surface area contributed by atoms with Crippen molar-refractivity contribution in [1.82, 2.24) is 19.7 Å². The van der Waals surface area contributed by atoms with Crippen LogP contribution < -0.4 is 5.32 Å². The molecule has 2 aliphatic heterocycles. The van der Waals surface area contributed by atoms with Gasteiger partial charge in [-0.2, -0.15) is 23.3 Å². The lowest BCUT2D eigenvalue weighted by molar-refractivity contribution is -0.174. The summed E-state index contributed by atoms with van der Waals surface area (Å²) < 4.78 is 41.5. The third-order valence-electron chi connectivity index (χ3n) is 6.41. The van der Waals surface area contributed by atoms with Gasteiger partial charge in [-0.05, 0) is 44.6 Å². The van der Waals surface area contributed by atoms with Crippen LogP contribution in [-0.2, 0) is 4.79 Å². The van der Waals surface area contributed by atoms with E-state index in [9.17, 15) is 18.0 Å². The van der Waals surface area contributed by atoms with E-state index >= 15 is 0 Å². The summed E-state index contributed by atoms with van der Waals surface area (Å²) in [4.78, 5) is 18.7. The number of aryl methyl sites for hydroxylation is 1. The van der Waals surface area contributed by atoms with E-state index in [1.807, 2.05) is 43.0 Å². The van der Waals surface area contributed by atoms with E-state index in [1.54, 1.807) is 0 Å². The van der Waals surface area contributed by atoms with Crippen molar-refractivity contribution in [2.45, 2.75) is 57.3 Å². The second kappa shape index (κ2) is 7.92. The summed E-state index contributed by atoms with van der Waals surface area (Å²) in [6.45, 7) is 5.03. The Balaban J connectivity index is 1.39. The zero-order chi connectivity index (χ0) is 21.5. The number of amides is 1. The molecule has 0 radical (unpaired) electrons. The molecule has 2 aliphatic rings. The Labute approximate surface area is 173 Å². The van der Waals surface area contributed by atoms with Crippen molar-refractivity contribution in [1.29, 1.82) is 0 Å². The number of nitrogens with one attached hydrogen (secondary N) is 1. The number of benzene rings is 1. The largest absolute Gasteiger partial charge is 0.411 e. The lowest BCUT2D eigenvalue weighted by Gasteiger charge is -2.40. The molecule has 0 bridgehead atoms. The number of hydrogen-bond donors (Lipinski definition) is 1. The molecule has 1 saturated heterocycles. The predicted molar refractivity (Wildman–Crippen MR) is 106 cm³/mol. The highest BCUT2D eigenvalue weighted by Gasteiger charge is 2.48. The van der Waals surface area contributed by atoms with Gasteiger partial charge in [0.15, 0.2) is 6.04 Å². The molecular formula is C21H26F3N5O. The first kappa shape index (κ1) is 20.7. The minimum atomic E-state index is -4.37. The van der Waals surface area contributed by atoms with Gasteiger partial charge in [-0.1, -0.05) is 29.8 Å². The van der Waals surface area contributed by atoms with Crippen LogP contribution in [-0.4, -0.2) is 50.9 Å². The quantitative estimate of drug-likeness (QED) is 0.816. The van der Waals surface area contributed by atoms with E-state index in [0.29, 0.717) is 25.9 Å². The second-order valence-electron chi connectivity index (χ2n) is 8.37. The monoisotopic (exact) mass is 421 g/mol. The second-order valence-corrected chi connectivity index (χ2v) is 8.37. The summed E-state index contributed by atoms with van der Waals surface area (Å²) in [6, 6.07) is 5.95. The number of rotatable bonds is 3. The fourth-order valence-electron chi connectivity index (χ4n) is 4.52. The number of carbonyl (C=O) groups excluding carboxylic acids is 1. The lowest BCUT2D eigenvalue weighted by Crippen LogP contribution is -2.47. The van der Waals surface area contributed by atoms with Gasteiger partial charge in [0.1, 0.15) is 6.33 Å². The molecular weight excluding hydrogens is 395 g/mol. The molecule has 0 saturated carbocycles. The standard InChI is InChI=1S/C21H26F3N5O/c1-13-3-5-15(6-4-13)14(2)19(30)28-9-7-16(8-10-28)17-11-18(21(22,23)24)29-20(27-17)25-12-26-29/h3-6,12,14,16-18H,7-11H2,1-2H3,(H,25,26,27)/t14-,17+,18-/m1/s1. The first-order chi connectivity index (χ1) is 14.2. The molecule has 1 aromatic heterocycles. The molecule has 2 aromatic rings. The first-order valence-corrected chi connectivity index (χ1v) is 10.3. The van der Waals surface area contributed by atoms with E-state index in [-0.39, 0.29) is 36.2 Å². The van der Waals surface area contributed by atoms with Crippen LogP contribution >= 0.6 is 0 Å². The van der Waals surface area contributed by atoms with Gasteiger partial charge < -0.3 is 10.2 Å². The fraction of sp³-hybridized carbons (Fsp3) is 0.571. The van der Waals surface area contributed by atoms with Crippen molar-refractivity contribution in [3.05, 3.63) is 41.7 Å². The molecule has 1 amide bonds. The number of nitrogens with zero attached hydrogens (tertiary/aromatic N) is 4. The van der Waals surface area contributed by atoms with E-state index in [1.165, 1.54) is 0 Å². The Morgan fingerprint density at radius 3 is 2.50 bits per heavy atom. The summed E-state index contributed by atoms with van der Waals surface area (Å²) in [5.74, 6) is 0.0593.